The molecule has 3 aromatic carbocycles. The van der Waals surface area contributed by atoms with Crippen molar-refractivity contribution in [2.75, 3.05) is 26.2 Å². The van der Waals surface area contributed by atoms with Gasteiger partial charge in [0.15, 0.2) is 40.5 Å². The predicted molar refractivity (Wildman–Crippen MR) is 170 cm³/mol. The monoisotopic (exact) mass is 650 g/mol. The Hall–Kier alpha value is -5.66. The first-order valence-electron chi connectivity index (χ1n) is 15.1. The number of nitrogens with zero attached hydrogens (tertiary/aromatic N) is 2. The molecule has 14 nitrogen and oxygen atoms in total. The summed E-state index contributed by atoms with van der Waals surface area (Å²) < 4.78 is 5.79. The second kappa shape index (κ2) is 15.6. The average Bonchev–Trinajstić information content (AvgIpc) is 3.44. The highest BCUT2D eigenvalue weighted by Crippen LogP contribution is 2.32. The Balaban J connectivity index is 1.36. The van der Waals surface area contributed by atoms with Crippen LogP contribution in [0.4, 0.5) is 0 Å². The lowest BCUT2D eigenvalue weighted by Gasteiger charge is -2.26. The van der Waals surface area contributed by atoms with Gasteiger partial charge in [0.25, 0.3) is 17.7 Å². The van der Waals surface area contributed by atoms with Gasteiger partial charge in [-0.2, -0.15) is 0 Å². The number of phenols is 6. The second-order valence-corrected chi connectivity index (χ2v) is 11.0. The van der Waals surface area contributed by atoms with Gasteiger partial charge >= 0.3 is 0 Å². The predicted octanol–water partition coefficient (Wildman–Crippen LogP) is 2.70. The summed E-state index contributed by atoms with van der Waals surface area (Å²) in [6, 6.07) is 11.6. The topological polar surface area (TPSA) is 221 Å². The van der Waals surface area contributed by atoms with E-state index in [0.717, 1.165) is 0 Å². The van der Waals surface area contributed by atoms with Crippen LogP contribution in [0.3, 0.4) is 0 Å². The number of carbonyl (C=O) groups excluding carboxylic acids is 3. The van der Waals surface area contributed by atoms with Gasteiger partial charge in [0.1, 0.15) is 6.10 Å². The number of hydrogen-bond donors (Lipinski definition) is 8. The lowest BCUT2D eigenvalue weighted by atomic mass is 10.1. The Morgan fingerprint density at radius 3 is 1.68 bits per heavy atom. The summed E-state index contributed by atoms with van der Waals surface area (Å²) in [5.41, 5.74) is 0.0328. The Morgan fingerprint density at radius 2 is 1.17 bits per heavy atom. The highest BCUT2D eigenvalue weighted by Gasteiger charge is 2.37. The number of rotatable bonds is 14. The number of hydrogen-bond acceptors (Lipinski definition) is 11. The molecule has 0 aromatic heterocycles. The van der Waals surface area contributed by atoms with E-state index < -0.39 is 52.7 Å². The minimum absolute atomic E-state index is 0.0278. The third-order valence-corrected chi connectivity index (χ3v) is 7.61. The van der Waals surface area contributed by atoms with Crippen LogP contribution in [0, 0.1) is 0 Å². The van der Waals surface area contributed by atoms with Crippen molar-refractivity contribution in [3.8, 4) is 34.5 Å². The number of carbonyl (C=O) groups is 3. The maximum Gasteiger partial charge on any atom is 0.255 e. The van der Waals surface area contributed by atoms with E-state index in [1.807, 2.05) is 0 Å². The first-order chi connectivity index (χ1) is 22.5. The third kappa shape index (κ3) is 8.34. The summed E-state index contributed by atoms with van der Waals surface area (Å²) in [6.07, 6.45) is 1.31. The van der Waals surface area contributed by atoms with Gasteiger partial charge in [-0.15, -0.1) is 0 Å². The molecule has 3 amide bonds. The van der Waals surface area contributed by atoms with Gasteiger partial charge in [-0.3, -0.25) is 14.4 Å². The van der Waals surface area contributed by atoms with Gasteiger partial charge in [0, 0.05) is 26.2 Å². The minimum atomic E-state index is -0.923. The van der Waals surface area contributed by atoms with Crippen molar-refractivity contribution in [1.29, 1.82) is 0 Å². The molecule has 2 atom stereocenters. The number of unbranched alkanes of at least 4 members (excludes halogenated alkanes) is 2. The third-order valence-electron chi connectivity index (χ3n) is 7.61. The van der Waals surface area contributed by atoms with E-state index in [-0.39, 0.29) is 47.3 Å². The van der Waals surface area contributed by atoms with E-state index >= 15 is 0 Å². The zero-order valence-corrected chi connectivity index (χ0v) is 25.7. The van der Waals surface area contributed by atoms with E-state index in [4.69, 9.17) is 4.74 Å². The highest BCUT2D eigenvalue weighted by molar-refractivity contribution is 6.01. The first-order valence-corrected chi connectivity index (χ1v) is 15.1. The van der Waals surface area contributed by atoms with Crippen LogP contribution < -0.4 is 10.6 Å². The number of para-hydroxylation sites is 3. The second-order valence-electron chi connectivity index (χ2n) is 11.0. The Kier molecular flexibility index (Phi) is 11.3. The number of ether oxygens (including phenoxy) is 1. The van der Waals surface area contributed by atoms with Gasteiger partial charge in [0.05, 0.1) is 16.7 Å². The molecule has 250 valence electrons. The summed E-state index contributed by atoms with van der Waals surface area (Å²) in [7, 11) is 0. The van der Waals surface area contributed by atoms with E-state index in [1.54, 1.807) is 11.8 Å². The Morgan fingerprint density at radius 1 is 0.702 bits per heavy atom. The lowest BCUT2D eigenvalue weighted by molar-refractivity contribution is -0.134. The largest absolute Gasteiger partial charge is 0.504 e. The number of nitrogens with one attached hydrogen (secondary N) is 2. The van der Waals surface area contributed by atoms with Crippen molar-refractivity contribution in [2.24, 2.45) is 4.99 Å². The molecule has 47 heavy (non-hydrogen) atoms. The van der Waals surface area contributed by atoms with Crippen LogP contribution in [0.1, 0.15) is 58.9 Å². The fourth-order valence-corrected chi connectivity index (χ4v) is 4.99. The standard InChI is InChI=1S/C33H38N4O10/c1-19-26(36-32(47-19)22-11-8-14-25(40)29(22)43)33(46)37(17-4-2-15-34-30(44)20-9-6-12-23(38)27(20)41)18-5-3-16-35-31(45)21-10-7-13-24(39)28(21)42/h6-14,19,26,38-43H,2-5,15-18H2,1H3,(H,34,44)(H,35,45)/t19-,26+/m1/s1. The SMILES string of the molecule is C[C@H]1OC(c2cccc(O)c2O)=N[C@@H]1C(=O)N(CCCCNC(=O)c1cccc(O)c1O)CCCCNC(=O)c1cccc(O)c1O. The van der Waals surface area contributed by atoms with E-state index in [1.165, 1.54) is 54.6 Å². The molecular formula is C33H38N4O10. The van der Waals surface area contributed by atoms with Crippen molar-refractivity contribution < 1.29 is 49.8 Å². The molecule has 0 unspecified atom stereocenters. The zero-order valence-electron chi connectivity index (χ0n) is 25.7. The van der Waals surface area contributed by atoms with Crippen LogP contribution in [0.2, 0.25) is 0 Å². The van der Waals surface area contributed by atoms with Crippen LogP contribution >= 0.6 is 0 Å². The quantitative estimate of drug-likeness (QED) is 0.0941. The normalized spacial score (nSPS) is 15.4. The molecule has 0 fully saturated rings. The molecule has 8 N–H and O–H groups in total. The molecule has 4 rings (SSSR count). The molecular weight excluding hydrogens is 612 g/mol. The first kappa shape index (κ1) is 34.2. The van der Waals surface area contributed by atoms with Crippen molar-refractivity contribution in [3.63, 3.8) is 0 Å². The van der Waals surface area contributed by atoms with E-state index in [0.29, 0.717) is 38.8 Å². The van der Waals surface area contributed by atoms with Gasteiger partial charge < -0.3 is 50.9 Å². The number of aromatic hydroxyl groups is 6. The molecule has 1 aliphatic heterocycles. The molecule has 0 radical (unpaired) electrons. The molecule has 3 aromatic rings. The maximum atomic E-state index is 13.7. The van der Waals surface area contributed by atoms with Crippen LogP contribution in [-0.2, 0) is 9.53 Å². The van der Waals surface area contributed by atoms with Gasteiger partial charge in [-0.1, -0.05) is 18.2 Å². The lowest BCUT2D eigenvalue weighted by Crippen LogP contribution is -2.43. The number of benzene rings is 3. The Bertz CT molecular complexity index is 1570. The summed E-state index contributed by atoms with van der Waals surface area (Å²) >= 11 is 0. The van der Waals surface area contributed by atoms with Crippen LogP contribution in [0.25, 0.3) is 0 Å². The highest BCUT2D eigenvalue weighted by atomic mass is 16.5. The Labute approximate surface area is 270 Å². The summed E-state index contributed by atoms with van der Waals surface area (Å²) in [5.74, 6) is -4.00. The number of amides is 3. The van der Waals surface area contributed by atoms with Gasteiger partial charge in [-0.05, 0) is 69.0 Å². The molecule has 0 saturated carbocycles. The van der Waals surface area contributed by atoms with Crippen LogP contribution in [0.15, 0.2) is 59.6 Å². The number of aliphatic imine (C=N–C) groups is 1. The molecule has 0 bridgehead atoms. The van der Waals surface area contributed by atoms with Crippen molar-refractivity contribution in [1.82, 2.24) is 15.5 Å². The smallest absolute Gasteiger partial charge is 0.255 e. The fourth-order valence-electron chi connectivity index (χ4n) is 4.99. The molecule has 1 heterocycles. The average molecular weight is 651 g/mol. The van der Waals surface area contributed by atoms with Crippen LogP contribution in [0.5, 0.6) is 34.5 Å². The molecule has 0 saturated heterocycles. The zero-order chi connectivity index (χ0) is 34.1. The summed E-state index contributed by atoms with van der Waals surface area (Å²) in [4.78, 5) is 44.6. The van der Waals surface area contributed by atoms with Crippen molar-refractivity contribution >= 4 is 23.6 Å². The fraction of sp³-hybridized carbons (Fsp3) is 0.333. The van der Waals surface area contributed by atoms with Gasteiger partial charge in [-0.25, -0.2) is 4.99 Å². The van der Waals surface area contributed by atoms with E-state index in [9.17, 15) is 45.0 Å². The number of phenolic OH excluding ortho intramolecular Hbond substituents is 6. The molecule has 14 heteroatoms. The molecule has 1 aliphatic rings. The molecule has 0 spiro atoms. The summed E-state index contributed by atoms with van der Waals surface area (Å²) in [5, 5.41) is 64.7. The van der Waals surface area contributed by atoms with Crippen molar-refractivity contribution in [3.05, 3.63) is 71.3 Å². The summed E-state index contributed by atoms with van der Waals surface area (Å²) in [6.45, 7) is 2.77. The molecule has 0 aliphatic carbocycles. The minimum Gasteiger partial charge on any atom is -0.504 e. The van der Waals surface area contributed by atoms with Gasteiger partial charge in [0.2, 0.25) is 5.90 Å². The maximum absolute atomic E-state index is 13.7. The van der Waals surface area contributed by atoms with Crippen LogP contribution in [-0.4, -0.2) is 97.5 Å². The van der Waals surface area contributed by atoms with E-state index in [2.05, 4.69) is 15.6 Å². The van der Waals surface area contributed by atoms with Crippen molar-refractivity contribution in [2.45, 2.75) is 44.8 Å².